The molecule has 2 heteroatoms. The lowest BCUT2D eigenvalue weighted by Gasteiger charge is -2.33. The molecule has 0 heterocycles. The van der Waals surface area contributed by atoms with Crippen LogP contribution in [-0.2, 0) is 13.1 Å². The van der Waals surface area contributed by atoms with E-state index in [2.05, 4.69) is 48.3 Å². The first kappa shape index (κ1) is 15.5. The molecular formula is C18H30N2. The summed E-state index contributed by atoms with van der Waals surface area (Å²) in [6.07, 6.45) is 7.07. The highest BCUT2D eigenvalue weighted by Gasteiger charge is 2.19. The van der Waals surface area contributed by atoms with Crippen LogP contribution in [0.2, 0.25) is 0 Å². The van der Waals surface area contributed by atoms with Gasteiger partial charge >= 0.3 is 0 Å². The fourth-order valence-corrected chi connectivity index (χ4v) is 3.21. The van der Waals surface area contributed by atoms with Crippen LogP contribution >= 0.6 is 0 Å². The van der Waals surface area contributed by atoms with Crippen LogP contribution in [0.5, 0.6) is 0 Å². The molecule has 0 radical (unpaired) electrons. The molecule has 1 aromatic rings. The van der Waals surface area contributed by atoms with E-state index in [0.717, 1.165) is 25.7 Å². The summed E-state index contributed by atoms with van der Waals surface area (Å²) in [5.74, 6) is 0. The van der Waals surface area contributed by atoms with Crippen molar-refractivity contribution in [2.45, 2.75) is 65.1 Å². The largest absolute Gasteiger partial charge is 0.313 e. The number of nitrogens with zero attached hydrogens (tertiary/aromatic N) is 1. The Labute approximate surface area is 124 Å². The highest BCUT2D eigenvalue weighted by atomic mass is 15.1. The minimum Gasteiger partial charge on any atom is -0.313 e. The van der Waals surface area contributed by atoms with Crippen molar-refractivity contribution in [3.63, 3.8) is 0 Å². The third-order valence-corrected chi connectivity index (χ3v) is 4.49. The van der Waals surface area contributed by atoms with Gasteiger partial charge in [0.15, 0.2) is 0 Å². The topological polar surface area (TPSA) is 15.3 Å². The van der Waals surface area contributed by atoms with Gasteiger partial charge in [-0.3, -0.25) is 4.90 Å². The molecule has 0 unspecified atom stereocenters. The molecule has 1 aromatic carbocycles. The van der Waals surface area contributed by atoms with Crippen LogP contribution in [-0.4, -0.2) is 24.0 Å². The number of benzene rings is 1. The molecule has 0 spiro atoms. The fraction of sp³-hybridized carbons (Fsp3) is 0.667. The molecule has 2 rings (SSSR count). The molecule has 112 valence electrons. The number of hydrogen-bond donors (Lipinski definition) is 1. The zero-order valence-corrected chi connectivity index (χ0v) is 13.2. The third kappa shape index (κ3) is 4.60. The van der Waals surface area contributed by atoms with Gasteiger partial charge in [0, 0.05) is 19.1 Å². The molecule has 1 fully saturated rings. The van der Waals surface area contributed by atoms with E-state index in [0.29, 0.717) is 0 Å². The highest BCUT2D eigenvalue weighted by Crippen LogP contribution is 2.23. The smallest absolute Gasteiger partial charge is 0.0236 e. The summed E-state index contributed by atoms with van der Waals surface area (Å²) in [6, 6.07) is 9.96. The molecule has 0 saturated heterocycles. The van der Waals surface area contributed by atoms with E-state index in [4.69, 9.17) is 0 Å². The summed E-state index contributed by atoms with van der Waals surface area (Å²) in [7, 11) is 0. The van der Waals surface area contributed by atoms with Gasteiger partial charge in [-0.1, -0.05) is 57.4 Å². The van der Waals surface area contributed by atoms with Crippen molar-refractivity contribution in [2.24, 2.45) is 0 Å². The Morgan fingerprint density at radius 3 is 2.25 bits per heavy atom. The summed E-state index contributed by atoms with van der Waals surface area (Å²) >= 11 is 0. The van der Waals surface area contributed by atoms with Crippen LogP contribution in [0.15, 0.2) is 24.3 Å². The first-order valence-corrected chi connectivity index (χ1v) is 8.36. The molecule has 1 N–H and O–H groups in total. The monoisotopic (exact) mass is 274 g/mol. The van der Waals surface area contributed by atoms with Gasteiger partial charge in [-0.2, -0.15) is 0 Å². The van der Waals surface area contributed by atoms with E-state index >= 15 is 0 Å². The Bertz CT molecular complexity index is 366. The molecule has 0 bridgehead atoms. The summed E-state index contributed by atoms with van der Waals surface area (Å²) < 4.78 is 0. The summed E-state index contributed by atoms with van der Waals surface area (Å²) in [6.45, 7) is 8.75. The Kier molecular flexibility index (Phi) is 6.55. The molecule has 1 aliphatic rings. The molecule has 2 nitrogen and oxygen atoms in total. The molecule has 0 atom stereocenters. The predicted molar refractivity (Wildman–Crippen MR) is 86.8 cm³/mol. The lowest BCUT2D eigenvalue weighted by Crippen LogP contribution is -2.36. The average molecular weight is 274 g/mol. The van der Waals surface area contributed by atoms with E-state index in [1.807, 2.05) is 0 Å². The zero-order chi connectivity index (χ0) is 14.2. The van der Waals surface area contributed by atoms with Gasteiger partial charge < -0.3 is 5.32 Å². The van der Waals surface area contributed by atoms with Crippen molar-refractivity contribution < 1.29 is 0 Å². The summed E-state index contributed by atoms with van der Waals surface area (Å²) in [4.78, 5) is 2.67. The first-order chi connectivity index (χ1) is 9.83. The van der Waals surface area contributed by atoms with Crippen LogP contribution in [0.3, 0.4) is 0 Å². The van der Waals surface area contributed by atoms with E-state index in [-0.39, 0.29) is 0 Å². The molecular weight excluding hydrogens is 244 g/mol. The molecule has 0 aliphatic heterocycles. The van der Waals surface area contributed by atoms with Gasteiger partial charge in [-0.25, -0.2) is 0 Å². The lowest BCUT2D eigenvalue weighted by molar-refractivity contribution is 0.156. The standard InChI is InChI=1S/C18H30N2/c1-3-19-14-16-10-12-17(13-11-16)15-20(4-2)18-8-6-5-7-9-18/h10-13,18-19H,3-9,14-15H2,1-2H3. The SMILES string of the molecule is CCNCc1ccc(CN(CC)C2CCCCC2)cc1. The molecule has 0 aromatic heterocycles. The summed E-state index contributed by atoms with van der Waals surface area (Å²) in [5, 5.41) is 3.38. The molecule has 0 amide bonds. The van der Waals surface area contributed by atoms with Gasteiger partial charge in [-0.15, -0.1) is 0 Å². The van der Waals surface area contributed by atoms with Gasteiger partial charge in [0.25, 0.3) is 0 Å². The Balaban J connectivity index is 1.89. The van der Waals surface area contributed by atoms with Crippen molar-refractivity contribution in [1.82, 2.24) is 10.2 Å². The Hall–Kier alpha value is -0.860. The maximum atomic E-state index is 3.38. The minimum atomic E-state index is 0.815. The number of nitrogens with one attached hydrogen (secondary N) is 1. The van der Waals surface area contributed by atoms with Crippen molar-refractivity contribution in [3.8, 4) is 0 Å². The van der Waals surface area contributed by atoms with Gasteiger partial charge in [0.2, 0.25) is 0 Å². The van der Waals surface area contributed by atoms with Crippen LogP contribution < -0.4 is 5.32 Å². The summed E-state index contributed by atoms with van der Waals surface area (Å²) in [5.41, 5.74) is 2.84. The molecule has 1 aliphatic carbocycles. The van der Waals surface area contributed by atoms with Gasteiger partial charge in [0.05, 0.1) is 0 Å². The first-order valence-electron chi connectivity index (χ1n) is 8.36. The van der Waals surface area contributed by atoms with E-state index in [9.17, 15) is 0 Å². The molecule has 20 heavy (non-hydrogen) atoms. The van der Waals surface area contributed by atoms with Gasteiger partial charge in [-0.05, 0) is 37.1 Å². The predicted octanol–water partition coefficient (Wildman–Crippen LogP) is 3.95. The average Bonchev–Trinajstić information content (AvgIpc) is 2.52. The van der Waals surface area contributed by atoms with Crippen LogP contribution in [0, 0.1) is 0 Å². The zero-order valence-electron chi connectivity index (χ0n) is 13.2. The normalized spacial score (nSPS) is 16.8. The van der Waals surface area contributed by atoms with E-state index in [1.165, 1.54) is 49.8 Å². The second kappa shape index (κ2) is 8.43. The van der Waals surface area contributed by atoms with E-state index in [1.54, 1.807) is 0 Å². The quantitative estimate of drug-likeness (QED) is 0.810. The van der Waals surface area contributed by atoms with E-state index < -0.39 is 0 Å². The Morgan fingerprint density at radius 2 is 1.65 bits per heavy atom. The van der Waals surface area contributed by atoms with Crippen LogP contribution in [0.1, 0.15) is 57.1 Å². The second-order valence-corrected chi connectivity index (χ2v) is 5.95. The molecule has 1 saturated carbocycles. The maximum absolute atomic E-state index is 3.38. The van der Waals surface area contributed by atoms with Crippen molar-refractivity contribution in [3.05, 3.63) is 35.4 Å². The number of hydrogen-bond acceptors (Lipinski definition) is 2. The minimum absolute atomic E-state index is 0.815. The maximum Gasteiger partial charge on any atom is 0.0236 e. The van der Waals surface area contributed by atoms with Crippen LogP contribution in [0.25, 0.3) is 0 Å². The third-order valence-electron chi connectivity index (χ3n) is 4.49. The van der Waals surface area contributed by atoms with Crippen LogP contribution in [0.4, 0.5) is 0 Å². The number of rotatable bonds is 7. The lowest BCUT2D eigenvalue weighted by atomic mass is 9.94. The second-order valence-electron chi connectivity index (χ2n) is 5.95. The Morgan fingerprint density at radius 1 is 1.00 bits per heavy atom. The van der Waals surface area contributed by atoms with Crippen molar-refractivity contribution >= 4 is 0 Å². The highest BCUT2D eigenvalue weighted by molar-refractivity contribution is 5.22. The fourth-order valence-electron chi connectivity index (χ4n) is 3.21. The van der Waals surface area contributed by atoms with Crippen molar-refractivity contribution in [1.29, 1.82) is 0 Å². The van der Waals surface area contributed by atoms with Gasteiger partial charge in [0.1, 0.15) is 0 Å². The van der Waals surface area contributed by atoms with Crippen molar-refractivity contribution in [2.75, 3.05) is 13.1 Å².